The van der Waals surface area contributed by atoms with Crippen molar-refractivity contribution in [1.82, 2.24) is 9.88 Å². The Bertz CT molecular complexity index is 940. The van der Waals surface area contributed by atoms with Crippen molar-refractivity contribution in [2.24, 2.45) is 0 Å². The Morgan fingerprint density at radius 1 is 1.19 bits per heavy atom. The van der Waals surface area contributed by atoms with Crippen molar-refractivity contribution in [3.63, 3.8) is 0 Å². The molecule has 6 nitrogen and oxygen atoms in total. The Hall–Kier alpha value is -3.02. The molecule has 1 atom stereocenters. The number of ether oxygens (including phenoxy) is 1. The number of rotatable bonds is 7. The van der Waals surface area contributed by atoms with E-state index in [0.717, 1.165) is 17.7 Å². The lowest BCUT2D eigenvalue weighted by molar-refractivity contribution is -0.122. The van der Waals surface area contributed by atoms with Gasteiger partial charge in [0.25, 0.3) is 0 Å². The molecule has 0 spiro atoms. The van der Waals surface area contributed by atoms with Crippen molar-refractivity contribution in [3.05, 3.63) is 64.6 Å². The molecule has 3 aromatic rings. The average Bonchev–Trinajstić information content (AvgIpc) is 2.99. The van der Waals surface area contributed by atoms with Gasteiger partial charge in [-0.1, -0.05) is 31.2 Å². The van der Waals surface area contributed by atoms with Gasteiger partial charge in [0.05, 0.1) is 18.7 Å². The third-order valence-electron chi connectivity index (χ3n) is 4.40. The van der Waals surface area contributed by atoms with Gasteiger partial charge < -0.3 is 14.5 Å². The number of carbonyl (C=O) groups is 1. The largest absolute Gasteiger partial charge is 0.497 e. The zero-order valence-electron chi connectivity index (χ0n) is 14.9. The zero-order valence-corrected chi connectivity index (χ0v) is 14.9. The first-order chi connectivity index (χ1) is 12.6. The first-order valence-corrected chi connectivity index (χ1v) is 8.64. The summed E-state index contributed by atoms with van der Waals surface area (Å²) in [7, 11) is 1.62. The van der Waals surface area contributed by atoms with Crippen LogP contribution in [0.4, 0.5) is 0 Å². The molecular formula is C20H22N2O4. The first-order valence-electron chi connectivity index (χ1n) is 8.64. The summed E-state index contributed by atoms with van der Waals surface area (Å²) in [6.07, 6.45) is 0.975. The molecule has 26 heavy (non-hydrogen) atoms. The second-order valence-electron chi connectivity index (χ2n) is 6.04. The molecule has 1 amide bonds. The smallest absolute Gasteiger partial charge is 0.419 e. The number of para-hydroxylation sites is 2. The monoisotopic (exact) mass is 354 g/mol. The lowest BCUT2D eigenvalue weighted by Gasteiger charge is -2.18. The van der Waals surface area contributed by atoms with Gasteiger partial charge in [-0.2, -0.15) is 0 Å². The Morgan fingerprint density at radius 2 is 1.92 bits per heavy atom. The van der Waals surface area contributed by atoms with Crippen LogP contribution < -0.4 is 15.8 Å². The number of methoxy groups -OCH3 is 1. The van der Waals surface area contributed by atoms with E-state index in [9.17, 15) is 9.59 Å². The number of hydrogen-bond acceptors (Lipinski definition) is 4. The quantitative estimate of drug-likeness (QED) is 0.707. The molecule has 0 saturated carbocycles. The van der Waals surface area contributed by atoms with Gasteiger partial charge in [0, 0.05) is 13.0 Å². The number of fused-ring (bicyclic) bond motifs is 1. The number of nitrogens with one attached hydrogen (secondary N) is 1. The van der Waals surface area contributed by atoms with E-state index in [1.807, 2.05) is 49.4 Å². The van der Waals surface area contributed by atoms with E-state index in [0.29, 0.717) is 11.1 Å². The summed E-state index contributed by atoms with van der Waals surface area (Å²) in [6, 6.07) is 14.8. The number of hydrogen-bond donors (Lipinski definition) is 1. The molecule has 0 saturated heterocycles. The zero-order chi connectivity index (χ0) is 18.5. The summed E-state index contributed by atoms with van der Waals surface area (Å²) in [5.74, 6) is 0.229. The SMILES string of the molecule is CCC(NC(=O)CCn1c(=O)oc2ccccc21)c1ccc(OC)cc1. The molecule has 2 aromatic carbocycles. The molecule has 0 radical (unpaired) electrons. The van der Waals surface area contributed by atoms with E-state index in [2.05, 4.69) is 5.32 Å². The van der Waals surface area contributed by atoms with E-state index >= 15 is 0 Å². The highest BCUT2D eigenvalue weighted by Crippen LogP contribution is 2.20. The van der Waals surface area contributed by atoms with Crippen molar-refractivity contribution in [2.75, 3.05) is 7.11 Å². The molecule has 0 fully saturated rings. The number of benzene rings is 2. The average molecular weight is 354 g/mol. The molecule has 136 valence electrons. The normalized spacial score (nSPS) is 12.1. The third kappa shape index (κ3) is 3.79. The Kier molecular flexibility index (Phi) is 5.41. The molecule has 0 bridgehead atoms. The molecule has 3 rings (SSSR count). The van der Waals surface area contributed by atoms with Crippen LogP contribution in [0.2, 0.25) is 0 Å². The van der Waals surface area contributed by atoms with Gasteiger partial charge in [0.2, 0.25) is 5.91 Å². The Labute approximate surface area is 151 Å². The van der Waals surface area contributed by atoms with E-state index in [4.69, 9.17) is 9.15 Å². The van der Waals surface area contributed by atoms with Crippen LogP contribution in [0.25, 0.3) is 11.1 Å². The molecular weight excluding hydrogens is 332 g/mol. The number of carbonyl (C=O) groups excluding carboxylic acids is 1. The predicted molar refractivity (Wildman–Crippen MR) is 99.3 cm³/mol. The lowest BCUT2D eigenvalue weighted by atomic mass is 10.0. The van der Waals surface area contributed by atoms with Crippen LogP contribution in [-0.4, -0.2) is 17.6 Å². The molecule has 1 aromatic heterocycles. The maximum absolute atomic E-state index is 12.4. The number of aryl methyl sites for hydroxylation is 1. The summed E-state index contributed by atoms with van der Waals surface area (Å²) in [6.45, 7) is 2.30. The summed E-state index contributed by atoms with van der Waals surface area (Å²) < 4.78 is 11.8. The molecule has 1 heterocycles. The lowest BCUT2D eigenvalue weighted by Crippen LogP contribution is -2.29. The maximum atomic E-state index is 12.4. The van der Waals surface area contributed by atoms with E-state index in [1.54, 1.807) is 13.2 Å². The van der Waals surface area contributed by atoms with Crippen LogP contribution in [0.15, 0.2) is 57.7 Å². The van der Waals surface area contributed by atoms with E-state index in [1.165, 1.54) is 4.57 Å². The first kappa shape index (κ1) is 17.8. The Balaban J connectivity index is 1.65. The van der Waals surface area contributed by atoms with Gasteiger partial charge in [-0.3, -0.25) is 9.36 Å². The van der Waals surface area contributed by atoms with Crippen LogP contribution in [0.3, 0.4) is 0 Å². The topological polar surface area (TPSA) is 73.5 Å². The highest BCUT2D eigenvalue weighted by Gasteiger charge is 2.14. The number of aromatic nitrogens is 1. The minimum atomic E-state index is -0.443. The fourth-order valence-electron chi connectivity index (χ4n) is 2.96. The van der Waals surface area contributed by atoms with E-state index in [-0.39, 0.29) is 24.9 Å². The van der Waals surface area contributed by atoms with Crippen molar-refractivity contribution >= 4 is 17.0 Å². The minimum Gasteiger partial charge on any atom is -0.497 e. The van der Waals surface area contributed by atoms with Crippen molar-refractivity contribution in [2.45, 2.75) is 32.4 Å². The molecule has 6 heteroatoms. The van der Waals surface area contributed by atoms with Crippen molar-refractivity contribution < 1.29 is 13.9 Å². The van der Waals surface area contributed by atoms with Gasteiger partial charge in [-0.05, 0) is 36.2 Å². The van der Waals surface area contributed by atoms with Crippen molar-refractivity contribution in [3.8, 4) is 5.75 Å². The van der Waals surface area contributed by atoms with Gasteiger partial charge in [-0.25, -0.2) is 4.79 Å². The van der Waals surface area contributed by atoms with Crippen molar-refractivity contribution in [1.29, 1.82) is 0 Å². The molecule has 1 unspecified atom stereocenters. The Morgan fingerprint density at radius 3 is 2.62 bits per heavy atom. The fraction of sp³-hybridized carbons (Fsp3) is 0.300. The second-order valence-corrected chi connectivity index (χ2v) is 6.04. The molecule has 0 aliphatic heterocycles. The minimum absolute atomic E-state index is 0.0776. The number of amides is 1. The predicted octanol–water partition coefficient (Wildman–Crippen LogP) is 3.26. The van der Waals surface area contributed by atoms with Gasteiger partial charge in [-0.15, -0.1) is 0 Å². The number of nitrogens with zero attached hydrogens (tertiary/aromatic N) is 1. The van der Waals surface area contributed by atoms with Gasteiger partial charge in [0.1, 0.15) is 5.75 Å². The van der Waals surface area contributed by atoms with Gasteiger partial charge >= 0.3 is 5.76 Å². The molecule has 1 N–H and O–H groups in total. The van der Waals surface area contributed by atoms with Crippen LogP contribution in [0, 0.1) is 0 Å². The van der Waals surface area contributed by atoms with Crippen LogP contribution in [0.1, 0.15) is 31.4 Å². The summed E-state index contributed by atoms with van der Waals surface area (Å²) in [5, 5.41) is 3.02. The maximum Gasteiger partial charge on any atom is 0.419 e. The van der Waals surface area contributed by atoms with E-state index < -0.39 is 5.76 Å². The molecule has 0 aliphatic rings. The standard InChI is InChI=1S/C20H22N2O4/c1-3-16(14-8-10-15(25-2)11-9-14)21-19(23)12-13-22-17-6-4-5-7-18(17)26-20(22)24/h4-11,16H,3,12-13H2,1-2H3,(H,21,23). The second kappa shape index (κ2) is 7.91. The van der Waals surface area contributed by atoms with Crippen LogP contribution in [0.5, 0.6) is 5.75 Å². The summed E-state index contributed by atoms with van der Waals surface area (Å²) in [5.41, 5.74) is 2.25. The third-order valence-corrected chi connectivity index (χ3v) is 4.40. The molecule has 0 aliphatic carbocycles. The summed E-state index contributed by atoms with van der Waals surface area (Å²) in [4.78, 5) is 24.3. The highest BCUT2D eigenvalue weighted by molar-refractivity contribution is 5.77. The fourth-order valence-corrected chi connectivity index (χ4v) is 2.96. The van der Waals surface area contributed by atoms with Crippen LogP contribution in [-0.2, 0) is 11.3 Å². The summed E-state index contributed by atoms with van der Waals surface area (Å²) >= 11 is 0. The highest BCUT2D eigenvalue weighted by atomic mass is 16.5. The number of oxazole rings is 1. The van der Waals surface area contributed by atoms with Gasteiger partial charge in [0.15, 0.2) is 5.58 Å². The van der Waals surface area contributed by atoms with Crippen LogP contribution >= 0.6 is 0 Å².